The second-order valence-electron chi connectivity index (χ2n) is 3.02. The van der Waals surface area contributed by atoms with Gasteiger partial charge in [0.2, 0.25) is 0 Å². The molecule has 1 rings (SSSR count). The van der Waals surface area contributed by atoms with Crippen LogP contribution in [0.1, 0.15) is 0 Å². The summed E-state index contributed by atoms with van der Waals surface area (Å²) in [6.45, 7) is 0. The van der Waals surface area contributed by atoms with Gasteiger partial charge in [-0.2, -0.15) is 18.3 Å². The molecule has 0 atom stereocenters. The van der Waals surface area contributed by atoms with E-state index in [0.717, 1.165) is 12.1 Å². The standard InChI is InChI=1S/C9H5ClF4N2O2/c10-4-1-5(11)6(2-7(4)17)16-15-3-8(18)9(12,13)14/h1-3,16-17H. The molecule has 1 aromatic carbocycles. The summed E-state index contributed by atoms with van der Waals surface area (Å²) in [5.74, 6) is -3.64. The number of anilines is 1. The van der Waals surface area contributed by atoms with Crippen LogP contribution in [0.2, 0.25) is 5.02 Å². The first-order valence-electron chi connectivity index (χ1n) is 4.30. The van der Waals surface area contributed by atoms with E-state index in [2.05, 4.69) is 5.10 Å². The van der Waals surface area contributed by atoms with Gasteiger partial charge in [0.25, 0.3) is 5.78 Å². The van der Waals surface area contributed by atoms with Gasteiger partial charge in [-0.15, -0.1) is 0 Å². The number of aromatic hydroxyl groups is 1. The molecule has 0 aliphatic rings. The normalized spacial score (nSPS) is 11.8. The van der Waals surface area contributed by atoms with Crippen LogP contribution in [0.15, 0.2) is 17.2 Å². The summed E-state index contributed by atoms with van der Waals surface area (Å²) in [5.41, 5.74) is 1.41. The fourth-order valence-corrected chi connectivity index (χ4v) is 1.01. The average molecular weight is 285 g/mol. The molecule has 0 unspecified atom stereocenters. The van der Waals surface area contributed by atoms with Crippen molar-refractivity contribution < 1.29 is 27.5 Å². The van der Waals surface area contributed by atoms with Gasteiger partial charge in [0.15, 0.2) is 0 Å². The molecular weight excluding hydrogens is 280 g/mol. The van der Waals surface area contributed by atoms with Crippen molar-refractivity contribution in [1.82, 2.24) is 0 Å². The lowest BCUT2D eigenvalue weighted by atomic mass is 10.3. The van der Waals surface area contributed by atoms with Crippen LogP contribution in [-0.2, 0) is 4.79 Å². The number of carbonyl (C=O) groups is 1. The van der Waals surface area contributed by atoms with Crippen LogP contribution in [0.25, 0.3) is 0 Å². The molecular formula is C9H5ClF4N2O2. The molecule has 0 saturated carbocycles. The number of benzene rings is 1. The zero-order valence-corrected chi connectivity index (χ0v) is 9.18. The second kappa shape index (κ2) is 5.21. The number of ketones is 1. The zero-order valence-electron chi connectivity index (χ0n) is 8.42. The van der Waals surface area contributed by atoms with E-state index in [9.17, 15) is 22.4 Å². The van der Waals surface area contributed by atoms with Crippen molar-refractivity contribution in [2.24, 2.45) is 5.10 Å². The molecule has 2 N–H and O–H groups in total. The van der Waals surface area contributed by atoms with E-state index >= 15 is 0 Å². The molecule has 1 aromatic rings. The summed E-state index contributed by atoms with van der Waals surface area (Å²) in [6.07, 6.45) is -5.10. The number of phenols is 1. The number of carbonyl (C=O) groups excluding carboxylic acids is 1. The van der Waals surface area contributed by atoms with Gasteiger partial charge in [0.05, 0.1) is 16.9 Å². The number of hydrogen-bond donors (Lipinski definition) is 2. The number of phenolic OH excluding ortho intramolecular Hbond substituents is 1. The highest BCUT2D eigenvalue weighted by Gasteiger charge is 2.36. The van der Waals surface area contributed by atoms with Crippen LogP contribution >= 0.6 is 11.6 Å². The third-order valence-corrected chi connectivity index (χ3v) is 1.99. The smallest absolute Gasteiger partial charge is 0.455 e. The lowest BCUT2D eigenvalue weighted by Gasteiger charge is -2.04. The molecule has 0 radical (unpaired) electrons. The molecule has 98 valence electrons. The van der Waals surface area contributed by atoms with Gasteiger partial charge in [0, 0.05) is 6.07 Å². The van der Waals surface area contributed by atoms with Crippen molar-refractivity contribution in [3.8, 4) is 5.75 Å². The number of hydrazone groups is 1. The molecule has 18 heavy (non-hydrogen) atoms. The Bertz CT molecular complexity index is 502. The summed E-state index contributed by atoms with van der Waals surface area (Å²) in [6, 6.07) is 1.55. The monoisotopic (exact) mass is 284 g/mol. The minimum Gasteiger partial charge on any atom is -0.506 e. The molecule has 0 bridgehead atoms. The molecule has 0 aromatic heterocycles. The highest BCUT2D eigenvalue weighted by Crippen LogP contribution is 2.29. The Morgan fingerprint density at radius 1 is 1.44 bits per heavy atom. The van der Waals surface area contributed by atoms with Gasteiger partial charge in [-0.05, 0) is 6.07 Å². The number of rotatable bonds is 3. The fourth-order valence-electron chi connectivity index (χ4n) is 0.857. The molecule has 0 saturated heterocycles. The number of nitrogens with zero attached hydrogens (tertiary/aromatic N) is 1. The van der Waals surface area contributed by atoms with Crippen molar-refractivity contribution in [2.75, 3.05) is 5.43 Å². The van der Waals surface area contributed by atoms with Gasteiger partial charge < -0.3 is 5.11 Å². The highest BCUT2D eigenvalue weighted by atomic mass is 35.5. The van der Waals surface area contributed by atoms with E-state index < -0.39 is 29.2 Å². The Labute approximate surface area is 103 Å². The number of alkyl halides is 3. The molecule has 4 nitrogen and oxygen atoms in total. The molecule has 0 heterocycles. The van der Waals surface area contributed by atoms with Crippen LogP contribution in [0, 0.1) is 5.82 Å². The first-order chi connectivity index (χ1) is 8.21. The minimum absolute atomic E-state index is 0.0505. The zero-order chi connectivity index (χ0) is 13.9. The van der Waals surface area contributed by atoms with Crippen LogP contribution in [0.5, 0.6) is 5.75 Å². The quantitative estimate of drug-likeness (QED) is 0.510. The van der Waals surface area contributed by atoms with Gasteiger partial charge in [-0.25, -0.2) is 4.39 Å². The second-order valence-corrected chi connectivity index (χ2v) is 3.42. The van der Waals surface area contributed by atoms with Gasteiger partial charge in [0.1, 0.15) is 11.6 Å². The van der Waals surface area contributed by atoms with Crippen LogP contribution in [0.3, 0.4) is 0 Å². The lowest BCUT2D eigenvalue weighted by molar-refractivity contribution is -0.162. The van der Waals surface area contributed by atoms with Gasteiger partial charge >= 0.3 is 6.18 Å². The van der Waals surface area contributed by atoms with E-state index in [1.165, 1.54) is 0 Å². The van der Waals surface area contributed by atoms with E-state index in [0.29, 0.717) is 0 Å². The van der Waals surface area contributed by atoms with E-state index in [4.69, 9.17) is 16.7 Å². The molecule has 0 amide bonds. The number of Topliss-reactive ketones (excluding diaryl/α,β-unsaturated/α-hetero) is 1. The van der Waals surface area contributed by atoms with Crippen molar-refractivity contribution >= 4 is 29.3 Å². The van der Waals surface area contributed by atoms with E-state index in [1.54, 1.807) is 0 Å². The minimum atomic E-state index is -5.05. The summed E-state index contributed by atoms with van der Waals surface area (Å²) < 4.78 is 48.5. The maximum Gasteiger partial charge on any atom is 0.455 e. The lowest BCUT2D eigenvalue weighted by Crippen LogP contribution is -2.23. The summed E-state index contributed by atoms with van der Waals surface area (Å²) in [7, 11) is 0. The first kappa shape index (κ1) is 14.2. The van der Waals surface area contributed by atoms with Crippen molar-refractivity contribution in [3.63, 3.8) is 0 Å². The Hall–Kier alpha value is -1.83. The molecule has 0 aliphatic heterocycles. The molecule has 9 heteroatoms. The predicted octanol–water partition coefficient (Wildman–Crippen LogP) is 2.71. The highest BCUT2D eigenvalue weighted by molar-refractivity contribution is 6.32. The topological polar surface area (TPSA) is 61.7 Å². The maximum absolute atomic E-state index is 13.1. The van der Waals surface area contributed by atoms with Crippen LogP contribution < -0.4 is 5.43 Å². The number of nitrogens with one attached hydrogen (secondary N) is 1. The third kappa shape index (κ3) is 3.59. The summed E-state index contributed by atoms with van der Waals surface area (Å²) >= 11 is 5.37. The van der Waals surface area contributed by atoms with Crippen LogP contribution in [0.4, 0.5) is 23.2 Å². The van der Waals surface area contributed by atoms with Gasteiger partial charge in [-0.3, -0.25) is 10.2 Å². The number of hydrogen-bond acceptors (Lipinski definition) is 4. The Balaban J connectivity index is 2.79. The molecule has 0 spiro atoms. The van der Waals surface area contributed by atoms with Crippen molar-refractivity contribution in [2.45, 2.75) is 6.18 Å². The third-order valence-electron chi connectivity index (χ3n) is 1.68. The van der Waals surface area contributed by atoms with E-state index in [-0.39, 0.29) is 11.2 Å². The number of halogens is 5. The van der Waals surface area contributed by atoms with Crippen LogP contribution in [-0.4, -0.2) is 23.3 Å². The predicted molar refractivity (Wildman–Crippen MR) is 56.3 cm³/mol. The first-order valence-corrected chi connectivity index (χ1v) is 4.68. The van der Waals surface area contributed by atoms with Crippen molar-refractivity contribution in [1.29, 1.82) is 0 Å². The fraction of sp³-hybridized carbons (Fsp3) is 0.111. The summed E-state index contributed by atoms with van der Waals surface area (Å²) in [4.78, 5) is 10.4. The van der Waals surface area contributed by atoms with E-state index in [1.807, 2.05) is 5.43 Å². The molecule has 0 fully saturated rings. The summed E-state index contributed by atoms with van der Waals surface area (Å²) in [5, 5.41) is 11.8. The maximum atomic E-state index is 13.1. The molecule has 0 aliphatic carbocycles. The SMILES string of the molecule is O=C(C=NNc1cc(O)c(Cl)cc1F)C(F)(F)F. The Morgan fingerprint density at radius 3 is 2.61 bits per heavy atom. The Kier molecular flexibility index (Phi) is 4.12. The van der Waals surface area contributed by atoms with Gasteiger partial charge in [-0.1, -0.05) is 11.6 Å². The average Bonchev–Trinajstić information content (AvgIpc) is 2.23. The largest absolute Gasteiger partial charge is 0.506 e. The van der Waals surface area contributed by atoms with Crippen molar-refractivity contribution in [3.05, 3.63) is 23.0 Å². The Morgan fingerprint density at radius 2 is 2.06 bits per heavy atom.